The van der Waals surface area contributed by atoms with Gasteiger partial charge in [0.1, 0.15) is 5.82 Å². The van der Waals surface area contributed by atoms with Crippen molar-refractivity contribution in [3.8, 4) is 0 Å². The van der Waals surface area contributed by atoms with Crippen molar-refractivity contribution < 1.29 is 9.53 Å². The highest BCUT2D eigenvalue weighted by Gasteiger charge is 2.78. The molecule has 0 spiro atoms. The van der Waals surface area contributed by atoms with E-state index < -0.39 is 0 Å². The van der Waals surface area contributed by atoms with Gasteiger partial charge in [-0.2, -0.15) is 0 Å². The molecule has 2 fully saturated rings. The highest BCUT2D eigenvalue weighted by atomic mass is 16.5. The molecule has 2 heterocycles. The molecule has 0 unspecified atom stereocenters. The van der Waals surface area contributed by atoms with Gasteiger partial charge in [-0.05, 0) is 41.9 Å². The Hall–Kier alpha value is -1.46. The van der Waals surface area contributed by atoms with Crippen LogP contribution in [0.25, 0.3) is 0 Å². The lowest BCUT2D eigenvalue weighted by Crippen LogP contribution is -2.35. The molecule has 5 heteroatoms. The fourth-order valence-electron chi connectivity index (χ4n) is 4.21. The Balaban J connectivity index is 1.73. The number of amides is 1. The van der Waals surface area contributed by atoms with Gasteiger partial charge in [0.2, 0.25) is 5.91 Å². The topological polar surface area (TPSA) is 54.5 Å². The predicted octanol–water partition coefficient (Wildman–Crippen LogP) is 3.23. The van der Waals surface area contributed by atoms with E-state index in [1.54, 1.807) is 0 Å². The number of carbonyl (C=O) groups is 1. The van der Waals surface area contributed by atoms with Crippen molar-refractivity contribution in [2.75, 3.05) is 31.6 Å². The van der Waals surface area contributed by atoms with Gasteiger partial charge in [0.15, 0.2) is 0 Å². The van der Waals surface area contributed by atoms with Crippen LogP contribution in [0.2, 0.25) is 0 Å². The lowest BCUT2D eigenvalue weighted by atomic mass is 9.96. The molecule has 2 aliphatic rings. The summed E-state index contributed by atoms with van der Waals surface area (Å²) in [6.07, 6.45) is 1.86. The summed E-state index contributed by atoms with van der Waals surface area (Å²) < 4.78 is 5.42. The maximum absolute atomic E-state index is 12.9. The van der Waals surface area contributed by atoms with Crippen molar-refractivity contribution in [2.24, 2.45) is 16.2 Å². The molecule has 3 rings (SSSR count). The van der Waals surface area contributed by atoms with Gasteiger partial charge in [-0.1, -0.05) is 27.7 Å². The number of hydrogen-bond acceptors (Lipinski definition) is 4. The van der Waals surface area contributed by atoms with Crippen LogP contribution in [0, 0.1) is 23.2 Å². The van der Waals surface area contributed by atoms with E-state index in [0.29, 0.717) is 5.82 Å². The molecule has 1 aromatic rings. The van der Waals surface area contributed by atoms with E-state index in [-0.39, 0.29) is 22.2 Å². The Morgan fingerprint density at radius 2 is 1.80 bits per heavy atom. The van der Waals surface area contributed by atoms with E-state index in [9.17, 15) is 4.79 Å². The van der Waals surface area contributed by atoms with Crippen LogP contribution < -0.4 is 5.32 Å². The first kappa shape index (κ1) is 18.3. The first-order valence-corrected chi connectivity index (χ1v) is 9.18. The van der Waals surface area contributed by atoms with Gasteiger partial charge in [-0.25, -0.2) is 4.98 Å². The molecule has 0 radical (unpaired) electrons. The number of rotatable bonds is 4. The summed E-state index contributed by atoms with van der Waals surface area (Å²) in [6, 6.07) is 2.02. The van der Waals surface area contributed by atoms with Gasteiger partial charge in [-0.15, -0.1) is 0 Å². The van der Waals surface area contributed by atoms with Crippen LogP contribution in [0.5, 0.6) is 0 Å². The van der Waals surface area contributed by atoms with Crippen LogP contribution in [0.3, 0.4) is 0 Å². The zero-order valence-corrected chi connectivity index (χ0v) is 16.4. The zero-order chi connectivity index (χ0) is 18.5. The van der Waals surface area contributed by atoms with E-state index >= 15 is 0 Å². The molecule has 1 aliphatic heterocycles. The molecule has 1 aromatic heterocycles. The zero-order valence-electron chi connectivity index (χ0n) is 16.4. The molecule has 5 nitrogen and oxygen atoms in total. The number of aromatic nitrogens is 1. The van der Waals surface area contributed by atoms with Gasteiger partial charge in [0.05, 0.1) is 18.6 Å². The normalized spacial score (nSPS) is 23.9. The third-order valence-corrected chi connectivity index (χ3v) is 7.41. The summed E-state index contributed by atoms with van der Waals surface area (Å²) in [5, 5.41) is 3.07. The highest BCUT2D eigenvalue weighted by Crippen LogP contribution is 2.77. The second kappa shape index (κ2) is 6.06. The predicted molar refractivity (Wildman–Crippen MR) is 99.4 cm³/mol. The molecule has 1 aliphatic carbocycles. The Kier molecular flexibility index (Phi) is 4.44. The van der Waals surface area contributed by atoms with E-state index in [1.807, 2.05) is 12.3 Å². The number of nitrogens with one attached hydrogen (secondary N) is 1. The van der Waals surface area contributed by atoms with Crippen molar-refractivity contribution in [1.29, 1.82) is 0 Å². The van der Waals surface area contributed by atoms with Crippen molar-refractivity contribution in [3.63, 3.8) is 0 Å². The summed E-state index contributed by atoms with van der Waals surface area (Å²) in [7, 11) is 0. The molecule has 0 aromatic carbocycles. The number of ether oxygens (including phenoxy) is 1. The molecule has 25 heavy (non-hydrogen) atoms. The van der Waals surface area contributed by atoms with Crippen LogP contribution in [0.1, 0.15) is 45.7 Å². The molecule has 0 bridgehead atoms. The van der Waals surface area contributed by atoms with Crippen LogP contribution >= 0.6 is 0 Å². The molecule has 1 amide bonds. The van der Waals surface area contributed by atoms with Crippen LogP contribution in [-0.2, 0) is 16.1 Å². The van der Waals surface area contributed by atoms with Gasteiger partial charge in [0, 0.05) is 25.8 Å². The highest BCUT2D eigenvalue weighted by molar-refractivity contribution is 5.98. The lowest BCUT2D eigenvalue weighted by molar-refractivity contribution is -0.122. The number of morpholine rings is 1. The summed E-state index contributed by atoms with van der Waals surface area (Å²) >= 11 is 0. The van der Waals surface area contributed by atoms with Crippen LogP contribution in [0.4, 0.5) is 5.82 Å². The second-order valence-corrected chi connectivity index (χ2v) is 8.71. The largest absolute Gasteiger partial charge is 0.379 e. The molecule has 1 saturated heterocycles. The smallest absolute Gasteiger partial charge is 0.232 e. The van der Waals surface area contributed by atoms with E-state index in [1.165, 1.54) is 5.56 Å². The third-order valence-electron chi connectivity index (χ3n) is 7.41. The minimum atomic E-state index is -0.378. The summed E-state index contributed by atoms with van der Waals surface area (Å²) in [6.45, 7) is 17.1. The number of nitrogens with zero attached hydrogens (tertiary/aromatic N) is 2. The Labute approximate surface area is 151 Å². The number of anilines is 1. The number of aryl methyl sites for hydroxylation is 1. The maximum Gasteiger partial charge on any atom is 0.232 e. The van der Waals surface area contributed by atoms with Crippen molar-refractivity contribution in [2.45, 2.75) is 48.1 Å². The van der Waals surface area contributed by atoms with E-state index in [2.05, 4.69) is 56.7 Å². The molecular weight excluding hydrogens is 314 g/mol. The Morgan fingerprint density at radius 3 is 2.36 bits per heavy atom. The van der Waals surface area contributed by atoms with Gasteiger partial charge in [0.25, 0.3) is 0 Å². The number of carbonyl (C=O) groups excluding carboxylic acids is 1. The fourth-order valence-corrected chi connectivity index (χ4v) is 4.21. The quantitative estimate of drug-likeness (QED) is 0.910. The number of hydrogen-bond donors (Lipinski definition) is 1. The van der Waals surface area contributed by atoms with E-state index in [4.69, 9.17) is 4.74 Å². The first-order chi connectivity index (χ1) is 11.6. The van der Waals surface area contributed by atoms with Crippen molar-refractivity contribution in [3.05, 3.63) is 23.4 Å². The average molecular weight is 345 g/mol. The standard InChI is InChI=1S/C20H31N3O2/c1-14-12-21-16(11-15(14)13-23-7-9-25-10-8-23)22-17(24)20(6)18(2,3)19(20,4)5/h11-12H,7-10,13H2,1-6H3,(H,21,22,24). The SMILES string of the molecule is Cc1cnc(NC(=O)C2(C)C(C)(C)C2(C)C)cc1CN1CCOCC1. The average Bonchev–Trinajstić information content (AvgIpc) is 2.89. The van der Waals surface area contributed by atoms with Gasteiger partial charge >= 0.3 is 0 Å². The summed E-state index contributed by atoms with van der Waals surface area (Å²) in [4.78, 5) is 19.8. The molecule has 1 N–H and O–H groups in total. The minimum Gasteiger partial charge on any atom is -0.379 e. The monoisotopic (exact) mass is 345 g/mol. The van der Waals surface area contributed by atoms with Gasteiger partial charge < -0.3 is 10.1 Å². The van der Waals surface area contributed by atoms with Crippen LogP contribution in [0.15, 0.2) is 12.3 Å². The van der Waals surface area contributed by atoms with E-state index in [0.717, 1.165) is 38.4 Å². The van der Waals surface area contributed by atoms with Crippen LogP contribution in [-0.4, -0.2) is 42.1 Å². The Morgan fingerprint density at radius 1 is 1.20 bits per heavy atom. The van der Waals surface area contributed by atoms with Crippen molar-refractivity contribution in [1.82, 2.24) is 9.88 Å². The molecular formula is C20H31N3O2. The molecule has 0 atom stereocenters. The Bertz CT molecular complexity index is 662. The second-order valence-electron chi connectivity index (χ2n) is 8.71. The minimum absolute atomic E-state index is 0.0224. The molecule has 1 saturated carbocycles. The molecule has 138 valence electrons. The van der Waals surface area contributed by atoms with Gasteiger partial charge in [-0.3, -0.25) is 9.69 Å². The fraction of sp³-hybridized carbons (Fsp3) is 0.700. The number of pyridine rings is 1. The van der Waals surface area contributed by atoms with Crippen molar-refractivity contribution >= 4 is 11.7 Å². The first-order valence-electron chi connectivity index (χ1n) is 9.18. The summed E-state index contributed by atoms with van der Waals surface area (Å²) in [5.74, 6) is 0.717. The lowest BCUT2D eigenvalue weighted by Gasteiger charge is -2.27. The maximum atomic E-state index is 12.9. The third kappa shape index (κ3) is 2.77. The summed E-state index contributed by atoms with van der Waals surface area (Å²) in [5.41, 5.74) is 1.95.